The van der Waals surface area contributed by atoms with E-state index in [1.165, 1.54) is 5.57 Å². The predicted octanol–water partition coefficient (Wildman–Crippen LogP) is 3.19. The first kappa shape index (κ1) is 12.9. The van der Waals surface area contributed by atoms with Gasteiger partial charge in [-0.3, -0.25) is 9.89 Å². The van der Waals surface area contributed by atoms with Gasteiger partial charge in [0, 0.05) is 37.0 Å². The smallest absolute Gasteiger partial charge is 0.0461 e. The molecule has 0 saturated carbocycles. The molecule has 0 spiro atoms. The molecule has 2 nitrogen and oxygen atoms in total. The zero-order valence-corrected chi connectivity index (χ0v) is 10.7. The summed E-state index contributed by atoms with van der Waals surface area (Å²) in [6.45, 7) is 16.2. The monoisotopic (exact) mass is 218 g/mol. The molecule has 0 aromatic heterocycles. The highest BCUT2D eigenvalue weighted by atomic mass is 15.2. The summed E-state index contributed by atoms with van der Waals surface area (Å²) in [7, 11) is 0. The summed E-state index contributed by atoms with van der Waals surface area (Å²) in [4.78, 5) is 6.80. The van der Waals surface area contributed by atoms with E-state index in [2.05, 4.69) is 49.9 Å². The average molecular weight is 218 g/mol. The molecule has 0 aliphatic carbocycles. The first-order chi connectivity index (χ1) is 7.49. The third-order valence-electron chi connectivity index (χ3n) is 2.87. The van der Waals surface area contributed by atoms with Crippen molar-refractivity contribution in [3.05, 3.63) is 37.1 Å². The molecule has 0 amide bonds. The maximum atomic E-state index is 4.34. The Balaban J connectivity index is 2.89. The number of aliphatic imine (C=N–C) groups is 1. The van der Waals surface area contributed by atoms with Gasteiger partial charge in [-0.25, -0.2) is 0 Å². The van der Waals surface area contributed by atoms with Crippen molar-refractivity contribution in [1.29, 1.82) is 0 Å². The van der Waals surface area contributed by atoms with Crippen LogP contribution in [0.1, 0.15) is 27.2 Å². The van der Waals surface area contributed by atoms with E-state index in [9.17, 15) is 0 Å². The lowest BCUT2D eigenvalue weighted by Gasteiger charge is -2.39. The molecule has 0 bridgehead atoms. The fourth-order valence-electron chi connectivity index (χ4n) is 1.90. The number of rotatable bonds is 2. The maximum absolute atomic E-state index is 4.34. The lowest BCUT2D eigenvalue weighted by atomic mass is 9.96. The van der Waals surface area contributed by atoms with E-state index >= 15 is 0 Å². The predicted molar refractivity (Wildman–Crippen MR) is 71.9 cm³/mol. The van der Waals surface area contributed by atoms with Crippen molar-refractivity contribution >= 4 is 5.71 Å². The van der Waals surface area contributed by atoms with Crippen LogP contribution < -0.4 is 0 Å². The number of hydrogen-bond donors (Lipinski definition) is 0. The van der Waals surface area contributed by atoms with Crippen molar-refractivity contribution in [1.82, 2.24) is 4.90 Å². The second-order valence-electron chi connectivity index (χ2n) is 5.03. The third kappa shape index (κ3) is 3.17. The number of hydrogen-bond acceptors (Lipinski definition) is 2. The van der Waals surface area contributed by atoms with Crippen molar-refractivity contribution < 1.29 is 0 Å². The van der Waals surface area contributed by atoms with E-state index in [-0.39, 0.29) is 5.54 Å². The summed E-state index contributed by atoms with van der Waals surface area (Å²) < 4.78 is 0. The van der Waals surface area contributed by atoms with E-state index in [0.717, 1.165) is 25.2 Å². The van der Waals surface area contributed by atoms with E-state index < -0.39 is 0 Å². The van der Waals surface area contributed by atoms with Gasteiger partial charge in [-0.2, -0.15) is 0 Å². The summed E-state index contributed by atoms with van der Waals surface area (Å²) >= 11 is 0. The second kappa shape index (κ2) is 5.26. The molecule has 1 fully saturated rings. The fourth-order valence-corrected chi connectivity index (χ4v) is 1.90. The Bertz CT molecular complexity index is 329. The van der Waals surface area contributed by atoms with Crippen molar-refractivity contribution in [3.8, 4) is 0 Å². The Kier molecular flexibility index (Phi) is 4.25. The molecule has 1 aliphatic rings. The van der Waals surface area contributed by atoms with Crippen LogP contribution in [-0.4, -0.2) is 29.2 Å². The van der Waals surface area contributed by atoms with Crippen LogP contribution in [-0.2, 0) is 0 Å². The lowest BCUT2D eigenvalue weighted by Crippen LogP contribution is -2.47. The molecule has 1 saturated heterocycles. The highest BCUT2D eigenvalue weighted by Gasteiger charge is 2.27. The third-order valence-corrected chi connectivity index (χ3v) is 2.87. The molecule has 2 heteroatoms. The quantitative estimate of drug-likeness (QED) is 0.695. The summed E-state index contributed by atoms with van der Waals surface area (Å²) in [6, 6.07) is 0. The van der Waals surface area contributed by atoms with Crippen LogP contribution in [0.5, 0.6) is 0 Å². The number of allylic oxidation sites excluding steroid dienone is 2. The van der Waals surface area contributed by atoms with Crippen molar-refractivity contribution in [2.45, 2.75) is 32.7 Å². The maximum Gasteiger partial charge on any atom is 0.0461 e. The van der Waals surface area contributed by atoms with Crippen molar-refractivity contribution in [3.63, 3.8) is 0 Å². The van der Waals surface area contributed by atoms with E-state index in [1.807, 2.05) is 6.08 Å². The van der Waals surface area contributed by atoms with Gasteiger partial charge < -0.3 is 0 Å². The molecular weight excluding hydrogens is 196 g/mol. The van der Waals surface area contributed by atoms with Crippen LogP contribution in [0.2, 0.25) is 0 Å². The Labute approximate surface area is 99.1 Å². The van der Waals surface area contributed by atoms with Crippen LogP contribution in [0.15, 0.2) is 42.1 Å². The molecular formula is C14H22N2. The lowest BCUT2D eigenvalue weighted by molar-refractivity contribution is 0.151. The number of nitrogens with zero attached hydrogens (tertiary/aromatic N) is 2. The van der Waals surface area contributed by atoms with Crippen LogP contribution >= 0.6 is 0 Å². The van der Waals surface area contributed by atoms with Crippen LogP contribution in [0.25, 0.3) is 0 Å². The molecule has 0 aromatic rings. The Morgan fingerprint density at radius 2 is 2.00 bits per heavy atom. The minimum Gasteiger partial charge on any atom is -0.294 e. The van der Waals surface area contributed by atoms with Crippen molar-refractivity contribution in [2.24, 2.45) is 4.99 Å². The van der Waals surface area contributed by atoms with Crippen LogP contribution in [0.4, 0.5) is 0 Å². The summed E-state index contributed by atoms with van der Waals surface area (Å²) in [5.41, 5.74) is 2.62. The van der Waals surface area contributed by atoms with Crippen LogP contribution in [0, 0.1) is 0 Å². The average Bonchev–Trinajstić information content (AvgIpc) is 2.19. The molecule has 0 atom stereocenters. The van der Waals surface area contributed by atoms with E-state index in [4.69, 9.17) is 0 Å². The number of likely N-dealkylation sites (tertiary alicyclic amines) is 1. The van der Waals surface area contributed by atoms with Gasteiger partial charge in [-0.15, -0.1) is 0 Å². The first-order valence-electron chi connectivity index (χ1n) is 5.73. The first-order valence-corrected chi connectivity index (χ1v) is 5.73. The Morgan fingerprint density at radius 3 is 2.50 bits per heavy atom. The molecule has 0 radical (unpaired) electrons. The van der Waals surface area contributed by atoms with Gasteiger partial charge in [0.2, 0.25) is 0 Å². The van der Waals surface area contributed by atoms with Gasteiger partial charge in [0.15, 0.2) is 0 Å². The second-order valence-corrected chi connectivity index (χ2v) is 5.03. The van der Waals surface area contributed by atoms with Gasteiger partial charge in [0.05, 0.1) is 0 Å². The molecule has 0 unspecified atom stereocenters. The van der Waals surface area contributed by atoms with Gasteiger partial charge in [0.25, 0.3) is 0 Å². The Hall–Kier alpha value is -1.15. The molecule has 1 rings (SSSR count). The fraction of sp³-hybridized carbons (Fsp3) is 0.500. The molecule has 16 heavy (non-hydrogen) atoms. The SMILES string of the molecule is C=C/C=C1/CN(C(C)(C)C)CC/C1=N/C=C. The number of piperidine rings is 1. The highest BCUT2D eigenvalue weighted by molar-refractivity contribution is 6.01. The summed E-state index contributed by atoms with van der Waals surface area (Å²) in [6.07, 6.45) is 6.50. The topological polar surface area (TPSA) is 15.6 Å². The van der Waals surface area contributed by atoms with Gasteiger partial charge in [-0.05, 0) is 26.3 Å². The van der Waals surface area contributed by atoms with Gasteiger partial charge in [0.1, 0.15) is 0 Å². The molecule has 1 aliphatic heterocycles. The molecule has 0 N–H and O–H groups in total. The molecule has 88 valence electrons. The molecule has 1 heterocycles. The highest BCUT2D eigenvalue weighted by Crippen LogP contribution is 2.22. The summed E-state index contributed by atoms with van der Waals surface area (Å²) in [5, 5.41) is 0. The van der Waals surface area contributed by atoms with E-state index in [1.54, 1.807) is 6.20 Å². The van der Waals surface area contributed by atoms with Gasteiger partial charge >= 0.3 is 0 Å². The van der Waals surface area contributed by atoms with E-state index in [0.29, 0.717) is 0 Å². The minimum absolute atomic E-state index is 0.208. The molecule has 0 aromatic carbocycles. The Morgan fingerprint density at radius 1 is 1.31 bits per heavy atom. The summed E-state index contributed by atoms with van der Waals surface area (Å²) in [5.74, 6) is 0. The van der Waals surface area contributed by atoms with Gasteiger partial charge in [-0.1, -0.05) is 25.3 Å². The standard InChI is InChI=1S/C14H22N2/c1-6-8-12-11-16(14(3,4)5)10-9-13(12)15-7-2/h6-8H,1-2,9-11H2,3-5H3/b12-8-,15-13-. The van der Waals surface area contributed by atoms with Crippen LogP contribution in [0.3, 0.4) is 0 Å². The zero-order chi connectivity index (χ0) is 12.2. The van der Waals surface area contributed by atoms with Crippen molar-refractivity contribution in [2.75, 3.05) is 13.1 Å². The minimum atomic E-state index is 0.208. The largest absolute Gasteiger partial charge is 0.294 e. The normalized spacial score (nSPS) is 23.7. The zero-order valence-electron chi connectivity index (χ0n) is 10.7.